The summed E-state index contributed by atoms with van der Waals surface area (Å²) in [5.74, 6) is -0.639. The number of anilines is 1. The van der Waals surface area contributed by atoms with Crippen LogP contribution >= 0.6 is 11.6 Å². The fourth-order valence-electron chi connectivity index (χ4n) is 3.97. The molecule has 10 nitrogen and oxygen atoms in total. The van der Waals surface area contributed by atoms with E-state index in [1.54, 1.807) is 16.7 Å². The second kappa shape index (κ2) is 9.90. The molecule has 1 aromatic carbocycles. The van der Waals surface area contributed by atoms with Crippen molar-refractivity contribution in [2.24, 2.45) is 11.7 Å². The summed E-state index contributed by atoms with van der Waals surface area (Å²) >= 11 is 6.27. The number of halogens is 1. The summed E-state index contributed by atoms with van der Waals surface area (Å²) in [4.78, 5) is 40.9. The second-order valence-electron chi connectivity index (χ2n) is 7.47. The lowest BCUT2D eigenvalue weighted by atomic mass is 9.85. The lowest BCUT2D eigenvalue weighted by Gasteiger charge is -2.29. The normalized spacial score (nSPS) is 18.0. The third kappa shape index (κ3) is 4.64. The Morgan fingerprint density at radius 3 is 2.31 bits per heavy atom. The van der Waals surface area contributed by atoms with E-state index in [2.05, 4.69) is 15.6 Å². The molecule has 0 radical (unpaired) electrons. The van der Waals surface area contributed by atoms with E-state index in [-0.39, 0.29) is 29.3 Å². The van der Waals surface area contributed by atoms with Crippen LogP contribution in [0.1, 0.15) is 52.7 Å². The van der Waals surface area contributed by atoms with Crippen molar-refractivity contribution in [3.63, 3.8) is 0 Å². The number of amides is 3. The van der Waals surface area contributed by atoms with E-state index in [4.69, 9.17) is 26.8 Å². The summed E-state index contributed by atoms with van der Waals surface area (Å²) in [5, 5.41) is 5.66. The quantitative estimate of drug-likeness (QED) is 0.576. The van der Waals surface area contributed by atoms with Crippen LogP contribution in [0.25, 0.3) is 0 Å². The molecule has 0 bridgehead atoms. The number of carbonyl (C=O) groups is 3. The fraction of sp³-hybridized carbons (Fsp3) is 0.429. The van der Waals surface area contributed by atoms with E-state index in [0.717, 1.165) is 0 Å². The Bertz CT molecular complexity index is 1030. The number of imidazole rings is 1. The highest BCUT2D eigenvalue weighted by Crippen LogP contribution is 2.38. The van der Waals surface area contributed by atoms with Crippen molar-refractivity contribution in [1.82, 2.24) is 14.9 Å². The molecule has 1 aromatic heterocycles. The maximum atomic E-state index is 12.8. The molecule has 0 atom stereocenters. The molecule has 1 fully saturated rings. The van der Waals surface area contributed by atoms with Crippen LogP contribution in [-0.2, 0) is 4.79 Å². The van der Waals surface area contributed by atoms with Crippen LogP contribution in [0.15, 0.2) is 18.5 Å². The molecule has 0 aliphatic heterocycles. The third-order valence-corrected chi connectivity index (χ3v) is 5.97. The van der Waals surface area contributed by atoms with Gasteiger partial charge in [-0.25, -0.2) is 4.98 Å². The van der Waals surface area contributed by atoms with Crippen LogP contribution in [0.3, 0.4) is 0 Å². The number of nitrogens with one attached hydrogen (secondary N) is 2. The fourth-order valence-corrected chi connectivity index (χ4v) is 4.17. The van der Waals surface area contributed by atoms with Gasteiger partial charge in [-0.2, -0.15) is 0 Å². The SMILES string of the molecule is CNC(=O)c1ncn([C@H]2CC[C@H](C(=O)Nc3cc(OC)c(OC)cc3Cl)CC2)c1C(N)=O. The largest absolute Gasteiger partial charge is 0.493 e. The molecule has 1 heterocycles. The van der Waals surface area contributed by atoms with Crippen molar-refractivity contribution >= 4 is 35.0 Å². The highest BCUT2D eigenvalue weighted by atomic mass is 35.5. The Kier molecular flexibility index (Phi) is 7.24. The van der Waals surface area contributed by atoms with Crippen molar-refractivity contribution in [3.05, 3.63) is 34.9 Å². The van der Waals surface area contributed by atoms with Crippen molar-refractivity contribution < 1.29 is 23.9 Å². The first-order valence-corrected chi connectivity index (χ1v) is 10.5. The zero-order chi connectivity index (χ0) is 23.4. The van der Waals surface area contributed by atoms with Gasteiger partial charge in [0.1, 0.15) is 5.69 Å². The van der Waals surface area contributed by atoms with Gasteiger partial charge in [-0.05, 0) is 25.7 Å². The lowest BCUT2D eigenvalue weighted by Crippen LogP contribution is -2.30. The molecule has 0 unspecified atom stereocenters. The molecule has 172 valence electrons. The molecule has 32 heavy (non-hydrogen) atoms. The minimum absolute atomic E-state index is 0.00274. The Hall–Kier alpha value is -3.27. The van der Waals surface area contributed by atoms with Gasteiger partial charge in [-0.1, -0.05) is 11.6 Å². The summed E-state index contributed by atoms with van der Waals surface area (Å²) in [5.41, 5.74) is 6.03. The van der Waals surface area contributed by atoms with Gasteiger partial charge in [0.05, 0.1) is 31.3 Å². The van der Waals surface area contributed by atoms with Crippen LogP contribution in [0, 0.1) is 5.92 Å². The summed E-state index contributed by atoms with van der Waals surface area (Å²) in [7, 11) is 4.47. The van der Waals surface area contributed by atoms with Gasteiger partial charge in [0.15, 0.2) is 17.2 Å². The summed E-state index contributed by atoms with van der Waals surface area (Å²) < 4.78 is 12.1. The highest BCUT2D eigenvalue weighted by Gasteiger charge is 2.31. The maximum Gasteiger partial charge on any atom is 0.272 e. The number of hydrogen-bond donors (Lipinski definition) is 3. The predicted molar refractivity (Wildman–Crippen MR) is 118 cm³/mol. The third-order valence-electron chi connectivity index (χ3n) is 5.66. The number of rotatable bonds is 7. The number of ether oxygens (including phenoxy) is 2. The first-order chi connectivity index (χ1) is 15.3. The average molecular weight is 464 g/mol. The highest BCUT2D eigenvalue weighted by molar-refractivity contribution is 6.34. The van der Waals surface area contributed by atoms with Crippen molar-refractivity contribution in [3.8, 4) is 11.5 Å². The number of methoxy groups -OCH3 is 2. The molecule has 1 saturated carbocycles. The van der Waals surface area contributed by atoms with Gasteiger partial charge in [-0.15, -0.1) is 0 Å². The van der Waals surface area contributed by atoms with Gasteiger partial charge in [-0.3, -0.25) is 14.4 Å². The number of benzene rings is 1. The topological polar surface area (TPSA) is 138 Å². The molecule has 3 amide bonds. The Labute approximate surface area is 190 Å². The molecule has 1 aliphatic carbocycles. The molecule has 11 heteroatoms. The molecule has 0 spiro atoms. The predicted octanol–water partition coefficient (Wildman–Crippen LogP) is 2.38. The van der Waals surface area contributed by atoms with E-state index in [9.17, 15) is 14.4 Å². The van der Waals surface area contributed by atoms with Crippen LogP contribution in [0.2, 0.25) is 5.02 Å². The van der Waals surface area contributed by atoms with Gasteiger partial charge in [0.2, 0.25) is 5.91 Å². The lowest BCUT2D eigenvalue weighted by molar-refractivity contribution is -0.121. The Morgan fingerprint density at radius 2 is 1.75 bits per heavy atom. The van der Waals surface area contributed by atoms with E-state index in [0.29, 0.717) is 47.9 Å². The van der Waals surface area contributed by atoms with Gasteiger partial charge in [0, 0.05) is 31.1 Å². The molecule has 2 aromatic rings. The summed E-state index contributed by atoms with van der Waals surface area (Å²) in [6.07, 6.45) is 3.89. The van der Waals surface area contributed by atoms with Crippen LogP contribution in [0.4, 0.5) is 5.69 Å². The number of hydrogen-bond acceptors (Lipinski definition) is 6. The maximum absolute atomic E-state index is 12.8. The van der Waals surface area contributed by atoms with Crippen molar-refractivity contribution in [2.45, 2.75) is 31.7 Å². The van der Waals surface area contributed by atoms with Crippen LogP contribution in [-0.4, -0.2) is 48.5 Å². The first-order valence-electron chi connectivity index (χ1n) is 10.1. The van der Waals surface area contributed by atoms with E-state index < -0.39 is 11.8 Å². The van der Waals surface area contributed by atoms with Crippen LogP contribution < -0.4 is 25.8 Å². The van der Waals surface area contributed by atoms with E-state index in [1.165, 1.54) is 27.6 Å². The summed E-state index contributed by atoms with van der Waals surface area (Å²) in [6, 6.07) is 3.12. The van der Waals surface area contributed by atoms with Crippen molar-refractivity contribution in [2.75, 3.05) is 26.6 Å². The standard InChI is InChI=1S/C21H26ClN5O5/c1-24-21(30)17-18(19(23)28)27(10-25-17)12-6-4-11(5-7-12)20(29)26-14-9-16(32-3)15(31-2)8-13(14)22/h8-12H,4-7H2,1-3H3,(H2,23,28)(H,24,30)(H,26,29)/t11-,12-. The molecule has 3 rings (SSSR count). The van der Waals surface area contributed by atoms with E-state index >= 15 is 0 Å². The molecule has 1 aliphatic rings. The minimum Gasteiger partial charge on any atom is -0.493 e. The molecule has 0 saturated heterocycles. The smallest absolute Gasteiger partial charge is 0.272 e. The van der Waals surface area contributed by atoms with Gasteiger partial charge in [0.25, 0.3) is 11.8 Å². The number of primary amides is 1. The second-order valence-corrected chi connectivity index (χ2v) is 7.88. The molecular formula is C21H26ClN5O5. The number of nitrogens with two attached hydrogens (primary N) is 1. The van der Waals surface area contributed by atoms with Gasteiger partial charge >= 0.3 is 0 Å². The van der Waals surface area contributed by atoms with E-state index in [1.807, 2.05) is 0 Å². The molecule has 4 N–H and O–H groups in total. The zero-order valence-electron chi connectivity index (χ0n) is 18.1. The monoisotopic (exact) mass is 463 g/mol. The Morgan fingerprint density at radius 1 is 1.12 bits per heavy atom. The Balaban J connectivity index is 1.69. The minimum atomic E-state index is -0.718. The first kappa shape index (κ1) is 23.4. The molecular weight excluding hydrogens is 438 g/mol. The number of nitrogens with zero attached hydrogens (tertiary/aromatic N) is 2. The average Bonchev–Trinajstić information content (AvgIpc) is 3.25. The van der Waals surface area contributed by atoms with Crippen molar-refractivity contribution in [1.29, 1.82) is 0 Å². The summed E-state index contributed by atoms with van der Waals surface area (Å²) in [6.45, 7) is 0. The number of carbonyl (C=O) groups excluding carboxylic acids is 3. The number of aromatic nitrogens is 2. The van der Waals surface area contributed by atoms with Gasteiger partial charge < -0.3 is 30.4 Å². The zero-order valence-corrected chi connectivity index (χ0v) is 18.9. The van der Waals surface area contributed by atoms with Crippen LogP contribution in [0.5, 0.6) is 11.5 Å².